The molecule has 35 heavy (non-hydrogen) atoms. The molecular formula is C26H31ClF3N3OS. The van der Waals surface area contributed by atoms with Gasteiger partial charge in [0.15, 0.2) is 0 Å². The molecular weight excluding hydrogens is 495 g/mol. The van der Waals surface area contributed by atoms with Gasteiger partial charge in [0, 0.05) is 67.8 Å². The summed E-state index contributed by atoms with van der Waals surface area (Å²) in [6, 6.07) is 14.5. The first-order chi connectivity index (χ1) is 16.7. The number of hydrogen-bond donors (Lipinski definition) is 0. The van der Waals surface area contributed by atoms with Crippen molar-refractivity contribution in [2.45, 2.75) is 36.1 Å². The maximum atomic E-state index is 12.9. The van der Waals surface area contributed by atoms with Gasteiger partial charge in [0.05, 0.1) is 0 Å². The fourth-order valence-electron chi connectivity index (χ4n) is 4.91. The zero-order valence-corrected chi connectivity index (χ0v) is 21.2. The monoisotopic (exact) mass is 525 g/mol. The van der Waals surface area contributed by atoms with E-state index in [1.54, 1.807) is 12.1 Å². The first-order valence-corrected chi connectivity index (χ1v) is 13.3. The van der Waals surface area contributed by atoms with Crippen LogP contribution in [0.3, 0.4) is 0 Å². The van der Waals surface area contributed by atoms with E-state index in [9.17, 15) is 18.0 Å². The molecule has 4 nitrogen and oxygen atoms in total. The van der Waals surface area contributed by atoms with Crippen LogP contribution in [0, 0.1) is 5.92 Å². The van der Waals surface area contributed by atoms with Crippen LogP contribution in [0.4, 0.5) is 18.9 Å². The van der Waals surface area contributed by atoms with E-state index < -0.39 is 5.51 Å². The van der Waals surface area contributed by atoms with Crippen LogP contribution in [0.5, 0.6) is 0 Å². The number of benzene rings is 2. The van der Waals surface area contributed by atoms with Crippen molar-refractivity contribution in [1.29, 1.82) is 0 Å². The van der Waals surface area contributed by atoms with Gasteiger partial charge in [-0.1, -0.05) is 23.7 Å². The van der Waals surface area contributed by atoms with E-state index in [-0.39, 0.29) is 22.6 Å². The van der Waals surface area contributed by atoms with E-state index in [1.807, 2.05) is 29.2 Å². The van der Waals surface area contributed by atoms with Gasteiger partial charge in [0.1, 0.15) is 0 Å². The van der Waals surface area contributed by atoms with E-state index >= 15 is 0 Å². The lowest BCUT2D eigenvalue weighted by atomic mass is 9.91. The summed E-state index contributed by atoms with van der Waals surface area (Å²) in [4.78, 5) is 19.8. The van der Waals surface area contributed by atoms with Crippen molar-refractivity contribution < 1.29 is 18.0 Å². The number of anilines is 1. The summed E-state index contributed by atoms with van der Waals surface area (Å²) in [7, 11) is 0. The van der Waals surface area contributed by atoms with Crippen molar-refractivity contribution in [2.75, 3.05) is 50.7 Å². The maximum Gasteiger partial charge on any atom is 0.446 e. The summed E-state index contributed by atoms with van der Waals surface area (Å²) in [5.41, 5.74) is -2.07. The average molecular weight is 526 g/mol. The Morgan fingerprint density at radius 1 is 0.971 bits per heavy atom. The molecule has 0 unspecified atom stereocenters. The Bertz CT molecular complexity index is 963. The van der Waals surface area contributed by atoms with Gasteiger partial charge in [0.2, 0.25) is 5.91 Å². The number of carbonyl (C=O) groups is 1. The summed E-state index contributed by atoms with van der Waals surface area (Å²) in [5, 5.41) is 0.740. The molecule has 4 rings (SSSR count). The van der Waals surface area contributed by atoms with Crippen molar-refractivity contribution in [3.63, 3.8) is 0 Å². The van der Waals surface area contributed by atoms with E-state index in [0.29, 0.717) is 12.3 Å². The van der Waals surface area contributed by atoms with Crippen LogP contribution < -0.4 is 4.90 Å². The molecule has 2 aromatic rings. The van der Waals surface area contributed by atoms with E-state index in [0.717, 1.165) is 75.7 Å². The highest BCUT2D eigenvalue weighted by atomic mass is 35.5. The highest BCUT2D eigenvalue weighted by Crippen LogP contribution is 2.37. The second-order valence-corrected chi connectivity index (χ2v) is 10.9. The molecule has 190 valence electrons. The van der Waals surface area contributed by atoms with Crippen molar-refractivity contribution >= 4 is 35.0 Å². The molecule has 0 N–H and O–H groups in total. The Morgan fingerprint density at radius 3 is 2.31 bits per heavy atom. The molecule has 2 fully saturated rings. The lowest BCUT2D eigenvalue weighted by molar-refractivity contribution is -0.133. The molecule has 9 heteroatoms. The van der Waals surface area contributed by atoms with E-state index in [2.05, 4.69) is 9.80 Å². The zero-order valence-electron chi connectivity index (χ0n) is 19.6. The van der Waals surface area contributed by atoms with Crippen LogP contribution in [-0.2, 0) is 11.2 Å². The first kappa shape index (κ1) is 26.2. The molecule has 2 aliphatic rings. The fourth-order valence-corrected chi connectivity index (χ4v) is 5.58. The first-order valence-electron chi connectivity index (χ1n) is 12.1. The third kappa shape index (κ3) is 8.05. The number of halogens is 4. The molecule has 2 heterocycles. The van der Waals surface area contributed by atoms with Crippen molar-refractivity contribution in [3.05, 3.63) is 59.1 Å². The Morgan fingerprint density at radius 2 is 1.66 bits per heavy atom. The lowest BCUT2D eigenvalue weighted by Gasteiger charge is -2.37. The highest BCUT2D eigenvalue weighted by molar-refractivity contribution is 8.00. The van der Waals surface area contributed by atoms with Crippen LogP contribution >= 0.6 is 23.4 Å². The Hall–Kier alpha value is -1.90. The second-order valence-electron chi connectivity index (χ2n) is 9.30. The molecule has 2 aromatic carbocycles. The highest BCUT2D eigenvalue weighted by Gasteiger charge is 2.29. The Kier molecular flexibility index (Phi) is 8.89. The zero-order chi connectivity index (χ0) is 24.8. The molecule has 0 bridgehead atoms. The third-order valence-corrected chi connectivity index (χ3v) is 7.75. The number of rotatable bonds is 7. The molecule has 1 atom stereocenters. The van der Waals surface area contributed by atoms with Gasteiger partial charge in [-0.3, -0.25) is 9.69 Å². The van der Waals surface area contributed by atoms with Crippen molar-refractivity contribution in [1.82, 2.24) is 9.80 Å². The van der Waals surface area contributed by atoms with Gasteiger partial charge in [-0.05, 0) is 78.9 Å². The minimum absolute atomic E-state index is 0.0880. The largest absolute Gasteiger partial charge is 0.446 e. The van der Waals surface area contributed by atoms with Gasteiger partial charge in [-0.15, -0.1) is 0 Å². The summed E-state index contributed by atoms with van der Waals surface area (Å²) in [5.74, 6) is 0.545. The molecule has 0 spiro atoms. The number of amides is 1. The lowest BCUT2D eigenvalue weighted by Crippen LogP contribution is -2.48. The summed E-state index contributed by atoms with van der Waals surface area (Å²) in [6.07, 6.45) is 3.32. The van der Waals surface area contributed by atoms with Crippen molar-refractivity contribution in [2.24, 2.45) is 5.92 Å². The summed E-state index contributed by atoms with van der Waals surface area (Å²) in [6.45, 7) is 6.02. The van der Waals surface area contributed by atoms with Gasteiger partial charge < -0.3 is 9.80 Å². The molecule has 2 aliphatic heterocycles. The van der Waals surface area contributed by atoms with Gasteiger partial charge >= 0.3 is 5.51 Å². The number of hydrogen-bond acceptors (Lipinski definition) is 4. The number of carbonyl (C=O) groups excluding carboxylic acids is 1. The quantitative estimate of drug-likeness (QED) is 0.418. The van der Waals surface area contributed by atoms with Crippen molar-refractivity contribution in [3.8, 4) is 0 Å². The number of nitrogens with zero attached hydrogens (tertiary/aromatic N) is 3. The Labute approximate surface area is 214 Å². The van der Waals surface area contributed by atoms with Gasteiger partial charge in [-0.2, -0.15) is 13.2 Å². The van der Waals surface area contributed by atoms with Crippen LogP contribution in [0.25, 0.3) is 0 Å². The smallest absolute Gasteiger partial charge is 0.369 e. The number of thioether (sulfide) groups is 1. The minimum Gasteiger partial charge on any atom is -0.369 e. The summed E-state index contributed by atoms with van der Waals surface area (Å²) < 4.78 is 37.6. The normalized spacial score (nSPS) is 19.7. The third-order valence-electron chi connectivity index (χ3n) is 6.76. The van der Waals surface area contributed by atoms with Gasteiger partial charge in [-0.25, -0.2) is 0 Å². The number of piperazine rings is 1. The predicted octanol–water partition coefficient (Wildman–Crippen LogP) is 5.95. The molecule has 0 radical (unpaired) electrons. The molecule has 0 aliphatic carbocycles. The molecule has 0 aromatic heterocycles. The van der Waals surface area contributed by atoms with Crippen LogP contribution in [0.2, 0.25) is 5.02 Å². The van der Waals surface area contributed by atoms with E-state index in [1.165, 1.54) is 17.8 Å². The maximum absolute atomic E-state index is 12.9. The molecule has 2 saturated heterocycles. The summed E-state index contributed by atoms with van der Waals surface area (Å²) >= 11 is 5.90. The van der Waals surface area contributed by atoms with Crippen LogP contribution in [-0.4, -0.2) is 67.0 Å². The SMILES string of the molecule is O=C(CCN1CCN(c2ccc(Cl)cc2)CC1)N1CCC[C@H](Cc2ccc(SC(F)(F)F)cc2)C1. The number of alkyl halides is 3. The van der Waals surface area contributed by atoms with E-state index in [4.69, 9.17) is 11.6 Å². The topological polar surface area (TPSA) is 26.8 Å². The van der Waals surface area contributed by atoms with Crippen LogP contribution in [0.15, 0.2) is 53.4 Å². The Balaban J connectivity index is 1.19. The van der Waals surface area contributed by atoms with Crippen LogP contribution in [0.1, 0.15) is 24.8 Å². The second kappa shape index (κ2) is 11.9. The predicted molar refractivity (Wildman–Crippen MR) is 136 cm³/mol. The number of piperidine rings is 1. The fraction of sp³-hybridized carbons (Fsp3) is 0.500. The minimum atomic E-state index is -4.27. The standard InChI is InChI=1S/C26H31ClF3N3OS/c27-22-5-7-23(8-6-22)32-16-14-31(15-17-32)13-11-25(34)33-12-1-2-21(19-33)18-20-3-9-24(10-4-20)35-26(28,29)30/h3-10,21H,1-2,11-19H2/t21-/m1/s1. The van der Waals surface area contributed by atoms with Gasteiger partial charge in [0.25, 0.3) is 0 Å². The number of likely N-dealkylation sites (tertiary alicyclic amines) is 1. The average Bonchev–Trinajstić information content (AvgIpc) is 2.84. The molecule has 1 amide bonds. The molecule has 0 saturated carbocycles.